The Bertz CT molecular complexity index is 695. The second-order valence-electron chi connectivity index (χ2n) is 6.24. The van der Waals surface area contributed by atoms with Gasteiger partial charge in [0.05, 0.1) is 12.0 Å². The number of rotatable bonds is 8. The Morgan fingerprint density at radius 3 is 2.41 bits per heavy atom. The van der Waals surface area contributed by atoms with Gasteiger partial charge in [-0.3, -0.25) is 14.7 Å². The Hall–Kier alpha value is -2.39. The van der Waals surface area contributed by atoms with Crippen LogP contribution in [0.5, 0.6) is 0 Å². The molecule has 9 heteroatoms. The zero-order valence-electron chi connectivity index (χ0n) is 15.5. The van der Waals surface area contributed by atoms with Crippen LogP contribution in [-0.2, 0) is 9.47 Å². The van der Waals surface area contributed by atoms with Crippen LogP contribution in [-0.4, -0.2) is 67.6 Å². The smallest absolute Gasteiger partial charge is 0.416 e. The first-order valence-corrected chi connectivity index (χ1v) is 9.53. The number of anilines is 2. The summed E-state index contributed by atoms with van der Waals surface area (Å²) in [4.78, 5) is 29.6. The quantitative estimate of drug-likeness (QED) is 0.680. The highest BCUT2D eigenvalue weighted by Gasteiger charge is 2.44. The van der Waals surface area contributed by atoms with E-state index in [1.165, 1.54) is 5.49 Å². The molecular formula is C18H24N4O4S. The van der Waals surface area contributed by atoms with Crippen molar-refractivity contribution in [3.05, 3.63) is 24.3 Å². The first-order chi connectivity index (χ1) is 13.1. The van der Waals surface area contributed by atoms with Crippen molar-refractivity contribution in [1.82, 2.24) is 10.2 Å². The summed E-state index contributed by atoms with van der Waals surface area (Å²) < 4.78 is 10.6. The van der Waals surface area contributed by atoms with Gasteiger partial charge in [0.2, 0.25) is 0 Å². The normalized spacial score (nSPS) is 22.2. The Balaban J connectivity index is 1.84. The van der Waals surface area contributed by atoms with Gasteiger partial charge >= 0.3 is 12.2 Å². The highest BCUT2D eigenvalue weighted by molar-refractivity contribution is 7.78. The van der Waals surface area contributed by atoms with Crippen molar-refractivity contribution >= 4 is 41.3 Å². The molecule has 0 radical (unpaired) electrons. The molecule has 2 atom stereocenters. The van der Waals surface area contributed by atoms with E-state index in [-0.39, 0.29) is 18.4 Å². The van der Waals surface area contributed by atoms with E-state index in [0.29, 0.717) is 25.4 Å². The van der Waals surface area contributed by atoms with E-state index < -0.39 is 6.09 Å². The van der Waals surface area contributed by atoms with Gasteiger partial charge in [-0.05, 0) is 37.4 Å². The molecule has 0 saturated carbocycles. The molecule has 0 aromatic heterocycles. The van der Waals surface area contributed by atoms with E-state index in [1.54, 1.807) is 9.80 Å². The van der Waals surface area contributed by atoms with Gasteiger partial charge < -0.3 is 14.8 Å². The third-order valence-electron chi connectivity index (χ3n) is 4.86. The van der Waals surface area contributed by atoms with Crippen LogP contribution in [0.15, 0.2) is 24.3 Å². The predicted molar refractivity (Wildman–Crippen MR) is 106 cm³/mol. The molecule has 1 aromatic rings. The fourth-order valence-corrected chi connectivity index (χ4v) is 3.58. The molecule has 2 amide bonds. The summed E-state index contributed by atoms with van der Waals surface area (Å²) >= 11 is 4.88. The topological polar surface area (TPSA) is 74.3 Å². The third-order valence-corrected chi connectivity index (χ3v) is 5.03. The highest BCUT2D eigenvalue weighted by Crippen LogP contribution is 2.30. The SMILES string of the molecule is CCN(CC)C1OC(=O)N(c2ccc(N3CCOC3=O)cc2)C1CNC=S. The van der Waals surface area contributed by atoms with Gasteiger partial charge in [-0.2, -0.15) is 0 Å². The molecular weight excluding hydrogens is 368 g/mol. The van der Waals surface area contributed by atoms with Crippen LogP contribution in [0.3, 0.4) is 0 Å². The summed E-state index contributed by atoms with van der Waals surface area (Å²) in [6, 6.07) is 7.03. The minimum absolute atomic E-state index is 0.223. The van der Waals surface area contributed by atoms with Crippen molar-refractivity contribution in [2.45, 2.75) is 26.1 Å². The fraction of sp³-hybridized carbons (Fsp3) is 0.500. The summed E-state index contributed by atoms with van der Waals surface area (Å²) in [6.45, 7) is 7.00. The number of carbonyl (C=O) groups is 2. The maximum absolute atomic E-state index is 12.6. The number of benzene rings is 1. The summed E-state index contributed by atoms with van der Waals surface area (Å²) in [7, 11) is 0. The number of ether oxygens (including phenoxy) is 2. The Labute approximate surface area is 164 Å². The van der Waals surface area contributed by atoms with Crippen molar-refractivity contribution in [1.29, 1.82) is 0 Å². The minimum atomic E-state index is -0.392. The van der Waals surface area contributed by atoms with E-state index in [9.17, 15) is 9.59 Å². The lowest BCUT2D eigenvalue weighted by Crippen LogP contribution is -2.50. The monoisotopic (exact) mass is 392 g/mol. The number of thiocarbonyl (C=S) groups is 1. The molecule has 2 unspecified atom stereocenters. The lowest BCUT2D eigenvalue weighted by molar-refractivity contribution is 0.0122. The maximum Gasteiger partial charge on any atom is 0.416 e. The molecule has 2 fully saturated rings. The summed E-state index contributed by atoms with van der Waals surface area (Å²) in [5.41, 5.74) is 2.90. The molecule has 1 aromatic carbocycles. The van der Waals surface area contributed by atoms with Crippen LogP contribution in [0.1, 0.15) is 13.8 Å². The highest BCUT2D eigenvalue weighted by atomic mass is 32.1. The van der Waals surface area contributed by atoms with E-state index in [0.717, 1.165) is 18.8 Å². The van der Waals surface area contributed by atoms with Gasteiger partial charge in [-0.1, -0.05) is 26.1 Å². The molecule has 1 N–H and O–H groups in total. The van der Waals surface area contributed by atoms with Crippen LogP contribution in [0.25, 0.3) is 0 Å². The largest absolute Gasteiger partial charge is 0.447 e. The average Bonchev–Trinajstić information content (AvgIpc) is 3.24. The number of amides is 2. The minimum Gasteiger partial charge on any atom is -0.447 e. The molecule has 0 spiro atoms. The summed E-state index contributed by atoms with van der Waals surface area (Å²) in [5, 5.41) is 3.03. The number of nitrogens with one attached hydrogen (secondary N) is 1. The first kappa shape index (κ1) is 19.4. The number of hydrogen-bond donors (Lipinski definition) is 1. The Kier molecular flexibility index (Phi) is 6.12. The van der Waals surface area contributed by atoms with Gasteiger partial charge in [0.1, 0.15) is 12.6 Å². The van der Waals surface area contributed by atoms with Crippen LogP contribution in [0.4, 0.5) is 21.0 Å². The van der Waals surface area contributed by atoms with Gasteiger partial charge in [-0.25, -0.2) is 9.59 Å². The predicted octanol–water partition coefficient (Wildman–Crippen LogP) is 2.18. The summed E-state index contributed by atoms with van der Waals surface area (Å²) in [6.07, 6.45) is -1.10. The molecule has 27 heavy (non-hydrogen) atoms. The standard InChI is InChI=1S/C18H24N4O4S/c1-3-20(4-2)16-15(11-19-12-27)22(18(24)26-16)14-7-5-13(6-8-14)21-9-10-25-17(21)23/h5-8,12,15-16H,3-4,9-11H2,1-2H3,(H,19,27). The summed E-state index contributed by atoms with van der Waals surface area (Å²) in [5.74, 6) is 0. The van der Waals surface area contributed by atoms with Gasteiger partial charge in [0, 0.05) is 17.9 Å². The third kappa shape index (κ3) is 3.84. The average molecular weight is 392 g/mol. The zero-order chi connectivity index (χ0) is 19.4. The van der Waals surface area contributed by atoms with Crippen molar-refractivity contribution in [3.8, 4) is 0 Å². The first-order valence-electron chi connectivity index (χ1n) is 9.06. The lowest BCUT2D eigenvalue weighted by atomic mass is 10.1. The van der Waals surface area contributed by atoms with Crippen LogP contribution in [0, 0.1) is 0 Å². The molecule has 2 aliphatic rings. The van der Waals surface area contributed by atoms with Crippen LogP contribution >= 0.6 is 12.2 Å². The number of carbonyl (C=O) groups excluding carboxylic acids is 2. The second kappa shape index (κ2) is 8.53. The maximum atomic E-state index is 12.6. The van der Waals surface area contributed by atoms with Gasteiger partial charge in [-0.15, -0.1) is 0 Å². The number of likely N-dealkylation sites (N-methyl/N-ethyl adjacent to an activating group) is 1. The van der Waals surface area contributed by atoms with Gasteiger partial charge in [0.15, 0.2) is 6.23 Å². The number of cyclic esters (lactones) is 2. The van der Waals surface area contributed by atoms with Crippen molar-refractivity contribution in [2.75, 3.05) is 42.6 Å². The fourth-order valence-electron chi connectivity index (χ4n) is 3.48. The molecule has 146 valence electrons. The van der Waals surface area contributed by atoms with Crippen LogP contribution < -0.4 is 15.1 Å². The van der Waals surface area contributed by atoms with Crippen LogP contribution in [0.2, 0.25) is 0 Å². The second-order valence-corrected chi connectivity index (χ2v) is 6.48. The van der Waals surface area contributed by atoms with E-state index >= 15 is 0 Å². The lowest BCUT2D eigenvalue weighted by Gasteiger charge is -2.31. The van der Waals surface area contributed by atoms with E-state index in [1.807, 2.05) is 38.1 Å². The molecule has 0 aliphatic carbocycles. The molecule has 0 bridgehead atoms. The molecule has 3 rings (SSSR count). The van der Waals surface area contributed by atoms with Crippen molar-refractivity contribution in [2.24, 2.45) is 0 Å². The molecule has 2 saturated heterocycles. The Morgan fingerprint density at radius 1 is 1.19 bits per heavy atom. The van der Waals surface area contributed by atoms with E-state index in [2.05, 4.69) is 10.2 Å². The molecule has 8 nitrogen and oxygen atoms in total. The zero-order valence-corrected chi connectivity index (χ0v) is 16.3. The Morgan fingerprint density at radius 2 is 1.85 bits per heavy atom. The van der Waals surface area contributed by atoms with E-state index in [4.69, 9.17) is 21.7 Å². The molecule has 2 aliphatic heterocycles. The van der Waals surface area contributed by atoms with Crippen molar-refractivity contribution in [3.63, 3.8) is 0 Å². The number of hydrogen-bond acceptors (Lipinski definition) is 6. The van der Waals surface area contributed by atoms with Crippen molar-refractivity contribution < 1.29 is 19.1 Å². The van der Waals surface area contributed by atoms with Gasteiger partial charge in [0.25, 0.3) is 0 Å². The number of nitrogens with zero attached hydrogens (tertiary/aromatic N) is 3. The molecule has 2 heterocycles.